The van der Waals surface area contributed by atoms with Gasteiger partial charge < -0.3 is 4.74 Å². The molecule has 0 bridgehead atoms. The van der Waals surface area contributed by atoms with E-state index >= 15 is 0 Å². The largest absolute Gasteiger partial charge is 0.493 e. The van der Waals surface area contributed by atoms with Gasteiger partial charge in [-0.05, 0) is 42.3 Å². The first-order valence-corrected chi connectivity index (χ1v) is 8.41. The predicted octanol–water partition coefficient (Wildman–Crippen LogP) is 3.17. The van der Waals surface area contributed by atoms with Gasteiger partial charge in [0, 0.05) is 5.92 Å². The Hall–Kier alpha value is -1.88. The summed E-state index contributed by atoms with van der Waals surface area (Å²) in [5.41, 5.74) is 0.925. The predicted molar refractivity (Wildman–Crippen MR) is 77.7 cm³/mol. The zero-order chi connectivity index (χ0) is 14.9. The third kappa shape index (κ3) is 2.93. The lowest BCUT2D eigenvalue weighted by atomic mass is 9.95. The molecule has 1 heterocycles. The summed E-state index contributed by atoms with van der Waals surface area (Å²) in [4.78, 5) is 0.160. The lowest BCUT2D eigenvalue weighted by molar-refractivity contribution is 0.272. The van der Waals surface area contributed by atoms with Crippen molar-refractivity contribution in [3.63, 3.8) is 0 Å². The summed E-state index contributed by atoms with van der Waals surface area (Å²) in [6.07, 6.45) is 0.664. The Morgan fingerprint density at radius 3 is 2.57 bits per heavy atom. The van der Waals surface area contributed by atoms with E-state index in [0.29, 0.717) is 13.0 Å². The molecule has 1 aliphatic heterocycles. The molecule has 21 heavy (non-hydrogen) atoms. The van der Waals surface area contributed by atoms with E-state index in [-0.39, 0.29) is 16.6 Å². The van der Waals surface area contributed by atoms with Crippen LogP contribution < -0.4 is 4.74 Å². The van der Waals surface area contributed by atoms with E-state index in [1.807, 2.05) is 24.3 Å². The molecule has 1 aliphatic rings. The van der Waals surface area contributed by atoms with E-state index in [9.17, 15) is 12.8 Å². The summed E-state index contributed by atoms with van der Waals surface area (Å²) in [5.74, 6) is 0.234. The van der Waals surface area contributed by atoms with E-state index < -0.39 is 15.7 Å². The fourth-order valence-electron chi connectivity index (χ4n) is 2.59. The maximum atomic E-state index is 12.9. The molecule has 0 saturated heterocycles. The van der Waals surface area contributed by atoms with E-state index in [1.54, 1.807) is 0 Å². The molecule has 1 unspecified atom stereocenters. The fraction of sp³-hybridized carbons (Fsp3) is 0.250. The smallest absolute Gasteiger partial charge is 0.178 e. The molecule has 0 N–H and O–H groups in total. The number of benzene rings is 2. The van der Waals surface area contributed by atoms with Gasteiger partial charge in [-0.1, -0.05) is 18.2 Å². The third-order valence-electron chi connectivity index (χ3n) is 3.68. The number of hydrogen-bond acceptors (Lipinski definition) is 3. The van der Waals surface area contributed by atoms with Crippen LogP contribution in [0.1, 0.15) is 17.9 Å². The van der Waals surface area contributed by atoms with Crippen molar-refractivity contribution in [2.45, 2.75) is 17.2 Å². The maximum absolute atomic E-state index is 12.9. The van der Waals surface area contributed by atoms with Crippen molar-refractivity contribution in [3.05, 3.63) is 59.9 Å². The van der Waals surface area contributed by atoms with Crippen molar-refractivity contribution in [3.8, 4) is 5.75 Å². The number of halogens is 1. The first-order valence-electron chi connectivity index (χ1n) is 6.76. The molecule has 2 aromatic rings. The van der Waals surface area contributed by atoms with Crippen molar-refractivity contribution in [2.75, 3.05) is 12.4 Å². The number of rotatable bonds is 3. The SMILES string of the molecule is O=S(=O)(CC1CCOc2ccccc21)c1ccc(F)cc1. The Morgan fingerprint density at radius 2 is 1.81 bits per heavy atom. The number of para-hydroxylation sites is 1. The highest BCUT2D eigenvalue weighted by Gasteiger charge is 2.27. The van der Waals surface area contributed by atoms with Gasteiger partial charge >= 0.3 is 0 Å². The minimum absolute atomic E-state index is 0.0129. The summed E-state index contributed by atoms with van der Waals surface area (Å²) >= 11 is 0. The summed E-state index contributed by atoms with van der Waals surface area (Å²) < 4.78 is 43.4. The number of sulfone groups is 1. The highest BCUT2D eigenvalue weighted by molar-refractivity contribution is 7.91. The maximum Gasteiger partial charge on any atom is 0.178 e. The van der Waals surface area contributed by atoms with E-state index in [0.717, 1.165) is 11.3 Å². The van der Waals surface area contributed by atoms with Gasteiger partial charge in [0.15, 0.2) is 9.84 Å². The van der Waals surface area contributed by atoms with Gasteiger partial charge in [0.25, 0.3) is 0 Å². The van der Waals surface area contributed by atoms with Crippen LogP contribution >= 0.6 is 0 Å². The first-order chi connectivity index (χ1) is 10.1. The Labute approximate surface area is 123 Å². The van der Waals surface area contributed by atoms with Crippen LogP contribution in [-0.2, 0) is 9.84 Å². The fourth-order valence-corrected chi connectivity index (χ4v) is 4.21. The molecular weight excluding hydrogens is 291 g/mol. The van der Waals surface area contributed by atoms with Gasteiger partial charge in [0.1, 0.15) is 11.6 Å². The second kappa shape index (κ2) is 5.48. The highest BCUT2D eigenvalue weighted by atomic mass is 32.2. The monoisotopic (exact) mass is 306 g/mol. The molecule has 5 heteroatoms. The molecule has 0 aliphatic carbocycles. The van der Waals surface area contributed by atoms with E-state index in [4.69, 9.17) is 4.74 Å². The van der Waals surface area contributed by atoms with Crippen LogP contribution in [0.5, 0.6) is 5.75 Å². The van der Waals surface area contributed by atoms with Crippen LogP contribution in [0.2, 0.25) is 0 Å². The van der Waals surface area contributed by atoms with Crippen LogP contribution in [0.15, 0.2) is 53.4 Å². The normalized spacial score (nSPS) is 17.9. The van der Waals surface area contributed by atoms with Crippen molar-refractivity contribution in [1.29, 1.82) is 0 Å². The summed E-state index contributed by atoms with van der Waals surface area (Å²) in [7, 11) is -3.44. The summed E-state index contributed by atoms with van der Waals surface area (Å²) in [6, 6.07) is 12.5. The lowest BCUT2D eigenvalue weighted by Crippen LogP contribution is -2.21. The summed E-state index contributed by atoms with van der Waals surface area (Å²) in [5, 5.41) is 0. The second-order valence-corrected chi connectivity index (χ2v) is 7.14. The van der Waals surface area contributed by atoms with Crippen molar-refractivity contribution >= 4 is 9.84 Å². The molecule has 1 atom stereocenters. The van der Waals surface area contributed by atoms with Gasteiger partial charge in [-0.2, -0.15) is 0 Å². The van der Waals surface area contributed by atoms with Crippen LogP contribution in [0.25, 0.3) is 0 Å². The quantitative estimate of drug-likeness (QED) is 0.818. The van der Waals surface area contributed by atoms with Gasteiger partial charge in [-0.3, -0.25) is 0 Å². The minimum atomic E-state index is -3.44. The van der Waals surface area contributed by atoms with Crippen LogP contribution in [0.3, 0.4) is 0 Å². The Kier molecular flexibility index (Phi) is 3.68. The van der Waals surface area contributed by atoms with Crippen LogP contribution in [0, 0.1) is 5.82 Å². The molecule has 3 rings (SSSR count). The molecular formula is C16H15FO3S. The molecule has 0 saturated carbocycles. The standard InChI is InChI=1S/C16H15FO3S/c17-13-5-7-14(8-6-13)21(18,19)11-12-9-10-20-16-4-2-1-3-15(12)16/h1-8,12H,9-11H2. The Balaban J connectivity index is 1.88. The molecule has 0 radical (unpaired) electrons. The van der Waals surface area contributed by atoms with Gasteiger partial charge in [-0.15, -0.1) is 0 Å². The zero-order valence-corrected chi connectivity index (χ0v) is 12.1. The van der Waals surface area contributed by atoms with Gasteiger partial charge in [-0.25, -0.2) is 12.8 Å². The first kappa shape index (κ1) is 14.1. The Bertz CT molecular complexity index is 738. The van der Waals surface area contributed by atoms with E-state index in [2.05, 4.69) is 0 Å². The molecule has 0 amide bonds. The summed E-state index contributed by atoms with van der Waals surface area (Å²) in [6.45, 7) is 0.515. The Morgan fingerprint density at radius 1 is 1.10 bits per heavy atom. The highest BCUT2D eigenvalue weighted by Crippen LogP contribution is 2.35. The van der Waals surface area contributed by atoms with Crippen molar-refractivity contribution < 1.29 is 17.5 Å². The minimum Gasteiger partial charge on any atom is -0.493 e. The molecule has 0 aromatic heterocycles. The van der Waals surface area contributed by atoms with Crippen LogP contribution in [0.4, 0.5) is 4.39 Å². The van der Waals surface area contributed by atoms with E-state index in [1.165, 1.54) is 24.3 Å². The third-order valence-corrected chi connectivity index (χ3v) is 5.51. The lowest BCUT2D eigenvalue weighted by Gasteiger charge is -2.25. The average Bonchev–Trinajstić information content (AvgIpc) is 2.48. The molecule has 0 spiro atoms. The molecule has 2 aromatic carbocycles. The van der Waals surface area contributed by atoms with Crippen LogP contribution in [-0.4, -0.2) is 20.8 Å². The van der Waals surface area contributed by atoms with Gasteiger partial charge in [0.05, 0.1) is 17.3 Å². The molecule has 3 nitrogen and oxygen atoms in total. The number of fused-ring (bicyclic) bond motifs is 1. The van der Waals surface area contributed by atoms with Crippen molar-refractivity contribution in [1.82, 2.24) is 0 Å². The molecule has 110 valence electrons. The average molecular weight is 306 g/mol. The number of ether oxygens (including phenoxy) is 1. The van der Waals surface area contributed by atoms with Crippen molar-refractivity contribution in [2.24, 2.45) is 0 Å². The number of hydrogen-bond donors (Lipinski definition) is 0. The molecule has 0 fully saturated rings. The van der Waals surface area contributed by atoms with Gasteiger partial charge in [0.2, 0.25) is 0 Å². The topological polar surface area (TPSA) is 43.4 Å². The second-order valence-electron chi connectivity index (χ2n) is 5.11. The zero-order valence-electron chi connectivity index (χ0n) is 11.3.